The van der Waals surface area contributed by atoms with Crippen LogP contribution in [0.25, 0.3) is 10.8 Å². The Labute approximate surface area is 129 Å². The van der Waals surface area contributed by atoms with Crippen LogP contribution >= 0.6 is 11.6 Å². The van der Waals surface area contributed by atoms with E-state index < -0.39 is 0 Å². The summed E-state index contributed by atoms with van der Waals surface area (Å²) in [7, 11) is 0. The molecule has 0 radical (unpaired) electrons. The molecule has 0 spiro atoms. The second kappa shape index (κ2) is 5.66. The highest BCUT2D eigenvalue weighted by atomic mass is 35.5. The molecule has 0 saturated heterocycles. The van der Waals surface area contributed by atoms with Gasteiger partial charge in [0.05, 0.1) is 0 Å². The third-order valence-electron chi connectivity index (χ3n) is 3.54. The molecule has 0 aromatic heterocycles. The molecule has 0 bridgehead atoms. The summed E-state index contributed by atoms with van der Waals surface area (Å²) in [5, 5.41) is 2.76. The van der Waals surface area contributed by atoms with Gasteiger partial charge < -0.3 is 10.5 Å². The molecule has 1 unspecified atom stereocenters. The molecule has 0 saturated carbocycles. The first-order valence-electron chi connectivity index (χ1n) is 6.84. The van der Waals surface area contributed by atoms with Crippen LogP contribution in [0.3, 0.4) is 0 Å². The Balaban J connectivity index is 1.95. The highest BCUT2D eigenvalue weighted by molar-refractivity contribution is 6.35. The van der Waals surface area contributed by atoms with E-state index in [9.17, 15) is 0 Å². The molecule has 106 valence electrons. The van der Waals surface area contributed by atoms with Gasteiger partial charge in [-0.05, 0) is 36.8 Å². The third kappa shape index (κ3) is 2.81. The van der Waals surface area contributed by atoms with Crippen molar-refractivity contribution in [2.45, 2.75) is 13.0 Å². The standard InChI is InChI=1S/C18H16ClNO/c1-12(13-6-8-14(20)9-7-13)21-18-11-10-17(19)15-4-2-3-5-16(15)18/h2-12H,20H2,1H3. The van der Waals surface area contributed by atoms with Crippen molar-refractivity contribution in [3.8, 4) is 5.75 Å². The van der Waals surface area contributed by atoms with Crippen LogP contribution in [0.15, 0.2) is 60.7 Å². The third-order valence-corrected chi connectivity index (χ3v) is 3.87. The molecule has 3 heteroatoms. The zero-order valence-electron chi connectivity index (χ0n) is 11.7. The Morgan fingerprint density at radius 1 is 0.905 bits per heavy atom. The van der Waals surface area contributed by atoms with E-state index in [1.165, 1.54) is 0 Å². The van der Waals surface area contributed by atoms with E-state index in [1.807, 2.05) is 67.6 Å². The van der Waals surface area contributed by atoms with Crippen LogP contribution in [0, 0.1) is 0 Å². The van der Waals surface area contributed by atoms with Gasteiger partial charge >= 0.3 is 0 Å². The van der Waals surface area contributed by atoms with Gasteiger partial charge in [0, 0.05) is 21.5 Å². The molecule has 1 atom stereocenters. The van der Waals surface area contributed by atoms with Gasteiger partial charge in [-0.15, -0.1) is 0 Å². The summed E-state index contributed by atoms with van der Waals surface area (Å²) in [4.78, 5) is 0. The second-order valence-electron chi connectivity index (χ2n) is 5.02. The van der Waals surface area contributed by atoms with E-state index in [0.717, 1.165) is 32.8 Å². The maximum Gasteiger partial charge on any atom is 0.128 e. The van der Waals surface area contributed by atoms with Gasteiger partial charge in [-0.1, -0.05) is 48.0 Å². The number of halogens is 1. The minimum atomic E-state index is -0.0600. The fourth-order valence-electron chi connectivity index (χ4n) is 2.36. The summed E-state index contributed by atoms with van der Waals surface area (Å²) in [6, 6.07) is 19.5. The molecule has 0 aliphatic rings. The van der Waals surface area contributed by atoms with Crippen LogP contribution in [-0.4, -0.2) is 0 Å². The number of hydrogen-bond acceptors (Lipinski definition) is 2. The van der Waals surface area contributed by atoms with Crippen LogP contribution in [0.5, 0.6) is 5.75 Å². The first kappa shape index (κ1) is 13.8. The zero-order chi connectivity index (χ0) is 14.8. The summed E-state index contributed by atoms with van der Waals surface area (Å²) in [5.74, 6) is 0.833. The number of benzene rings is 3. The molecular weight excluding hydrogens is 282 g/mol. The smallest absolute Gasteiger partial charge is 0.128 e. The van der Waals surface area contributed by atoms with E-state index in [0.29, 0.717) is 0 Å². The highest BCUT2D eigenvalue weighted by Crippen LogP contribution is 2.33. The van der Waals surface area contributed by atoms with E-state index in [4.69, 9.17) is 22.1 Å². The Hall–Kier alpha value is -2.19. The summed E-state index contributed by atoms with van der Waals surface area (Å²) in [6.07, 6.45) is -0.0600. The Kier molecular flexibility index (Phi) is 3.72. The van der Waals surface area contributed by atoms with Gasteiger partial charge in [-0.25, -0.2) is 0 Å². The van der Waals surface area contributed by atoms with Crippen molar-refractivity contribution in [1.82, 2.24) is 0 Å². The SMILES string of the molecule is CC(Oc1ccc(Cl)c2ccccc12)c1ccc(N)cc1. The predicted octanol–water partition coefficient (Wildman–Crippen LogP) is 5.22. The predicted molar refractivity (Wildman–Crippen MR) is 88.9 cm³/mol. The normalized spacial score (nSPS) is 12.3. The van der Waals surface area contributed by atoms with Crippen LogP contribution in [0.4, 0.5) is 5.69 Å². The number of anilines is 1. The molecule has 0 aliphatic heterocycles. The Morgan fingerprint density at radius 3 is 2.29 bits per heavy atom. The lowest BCUT2D eigenvalue weighted by atomic mass is 10.1. The molecule has 0 fully saturated rings. The van der Waals surface area contributed by atoms with Crippen molar-refractivity contribution in [3.05, 3.63) is 71.2 Å². The molecule has 2 N–H and O–H groups in total. The van der Waals surface area contributed by atoms with E-state index in [-0.39, 0.29) is 6.10 Å². The number of hydrogen-bond donors (Lipinski definition) is 1. The molecular formula is C18H16ClNO. The minimum absolute atomic E-state index is 0.0600. The largest absolute Gasteiger partial charge is 0.485 e. The lowest BCUT2D eigenvalue weighted by Crippen LogP contribution is -2.03. The topological polar surface area (TPSA) is 35.2 Å². The fourth-order valence-corrected chi connectivity index (χ4v) is 2.59. The highest BCUT2D eigenvalue weighted by Gasteiger charge is 2.10. The first-order chi connectivity index (χ1) is 10.1. The van der Waals surface area contributed by atoms with Gasteiger partial charge in [0.25, 0.3) is 0 Å². The van der Waals surface area contributed by atoms with Gasteiger partial charge in [0.2, 0.25) is 0 Å². The molecule has 21 heavy (non-hydrogen) atoms. The molecule has 0 heterocycles. The molecule has 3 aromatic carbocycles. The van der Waals surface area contributed by atoms with Crippen LogP contribution in [0.2, 0.25) is 5.02 Å². The van der Waals surface area contributed by atoms with Crippen molar-refractivity contribution in [1.29, 1.82) is 0 Å². The number of fused-ring (bicyclic) bond motifs is 1. The molecule has 0 amide bonds. The van der Waals surface area contributed by atoms with Crippen molar-refractivity contribution in [3.63, 3.8) is 0 Å². The lowest BCUT2D eigenvalue weighted by molar-refractivity contribution is 0.230. The van der Waals surface area contributed by atoms with Crippen LogP contribution in [-0.2, 0) is 0 Å². The van der Waals surface area contributed by atoms with Gasteiger partial charge in [-0.2, -0.15) is 0 Å². The number of rotatable bonds is 3. The Morgan fingerprint density at radius 2 is 1.57 bits per heavy atom. The molecule has 2 nitrogen and oxygen atoms in total. The van der Waals surface area contributed by atoms with E-state index in [1.54, 1.807) is 0 Å². The van der Waals surface area contributed by atoms with Crippen molar-refractivity contribution in [2.24, 2.45) is 0 Å². The molecule has 3 aromatic rings. The van der Waals surface area contributed by atoms with Crippen molar-refractivity contribution < 1.29 is 4.74 Å². The maximum atomic E-state index is 6.23. The summed E-state index contributed by atoms with van der Waals surface area (Å²) < 4.78 is 6.11. The minimum Gasteiger partial charge on any atom is -0.485 e. The van der Waals surface area contributed by atoms with Crippen molar-refractivity contribution >= 4 is 28.1 Å². The number of nitrogens with two attached hydrogens (primary N) is 1. The van der Waals surface area contributed by atoms with E-state index in [2.05, 4.69) is 0 Å². The fraction of sp³-hybridized carbons (Fsp3) is 0.111. The van der Waals surface area contributed by atoms with Crippen LogP contribution in [0.1, 0.15) is 18.6 Å². The summed E-state index contributed by atoms with van der Waals surface area (Å²) in [6.45, 7) is 2.02. The Bertz CT molecular complexity index is 768. The second-order valence-corrected chi connectivity index (χ2v) is 5.43. The average molecular weight is 298 g/mol. The van der Waals surface area contributed by atoms with Gasteiger partial charge in [-0.3, -0.25) is 0 Å². The van der Waals surface area contributed by atoms with Crippen molar-refractivity contribution in [2.75, 3.05) is 5.73 Å². The monoisotopic (exact) mass is 297 g/mol. The van der Waals surface area contributed by atoms with Gasteiger partial charge in [0.1, 0.15) is 11.9 Å². The number of nitrogen functional groups attached to an aromatic ring is 1. The summed E-state index contributed by atoms with van der Waals surface area (Å²) >= 11 is 6.23. The molecule has 0 aliphatic carbocycles. The maximum absolute atomic E-state index is 6.23. The quantitative estimate of drug-likeness (QED) is 0.673. The van der Waals surface area contributed by atoms with Gasteiger partial charge in [0.15, 0.2) is 0 Å². The summed E-state index contributed by atoms with van der Waals surface area (Å²) in [5.41, 5.74) is 7.55. The number of ether oxygens (including phenoxy) is 1. The molecule has 3 rings (SSSR count). The lowest BCUT2D eigenvalue weighted by Gasteiger charge is -2.17. The average Bonchev–Trinajstić information content (AvgIpc) is 2.51. The van der Waals surface area contributed by atoms with E-state index >= 15 is 0 Å². The zero-order valence-corrected chi connectivity index (χ0v) is 12.5. The van der Waals surface area contributed by atoms with Crippen LogP contribution < -0.4 is 10.5 Å². The first-order valence-corrected chi connectivity index (χ1v) is 7.22.